The van der Waals surface area contributed by atoms with Crippen molar-refractivity contribution >= 4 is 11.8 Å². The third-order valence-electron chi connectivity index (χ3n) is 5.58. The van der Waals surface area contributed by atoms with E-state index in [2.05, 4.69) is 4.98 Å². The van der Waals surface area contributed by atoms with Crippen LogP contribution >= 0.6 is 0 Å². The van der Waals surface area contributed by atoms with Crippen LogP contribution in [0, 0.1) is 12.8 Å². The summed E-state index contributed by atoms with van der Waals surface area (Å²) in [6, 6.07) is 7.94. The molecular weight excluding hydrogens is 356 g/mol. The summed E-state index contributed by atoms with van der Waals surface area (Å²) >= 11 is 0. The van der Waals surface area contributed by atoms with Crippen LogP contribution in [0.3, 0.4) is 0 Å². The maximum absolute atomic E-state index is 13.2. The normalized spacial score (nSPS) is 18.5. The van der Waals surface area contributed by atoms with E-state index in [1.165, 1.54) is 0 Å². The van der Waals surface area contributed by atoms with Gasteiger partial charge in [0.15, 0.2) is 0 Å². The van der Waals surface area contributed by atoms with Gasteiger partial charge in [0.25, 0.3) is 5.91 Å². The third-order valence-corrected chi connectivity index (χ3v) is 5.58. The van der Waals surface area contributed by atoms with Crippen LogP contribution in [0.1, 0.15) is 34.0 Å². The molecule has 7 heteroatoms. The van der Waals surface area contributed by atoms with Crippen molar-refractivity contribution in [2.45, 2.75) is 32.9 Å². The van der Waals surface area contributed by atoms with E-state index in [0.29, 0.717) is 44.8 Å². The quantitative estimate of drug-likeness (QED) is 0.795. The number of ether oxygens (including phenoxy) is 1. The first-order chi connectivity index (χ1) is 13.5. The molecule has 148 valence electrons. The van der Waals surface area contributed by atoms with Crippen molar-refractivity contribution < 1.29 is 14.3 Å². The smallest absolute Gasteiger partial charge is 0.271 e. The molecule has 3 heterocycles. The van der Waals surface area contributed by atoms with E-state index in [-0.39, 0.29) is 17.7 Å². The number of hydrogen-bond acceptors (Lipinski definition) is 4. The van der Waals surface area contributed by atoms with Gasteiger partial charge in [-0.2, -0.15) is 0 Å². The minimum absolute atomic E-state index is 0.0476. The van der Waals surface area contributed by atoms with E-state index in [1.54, 1.807) is 19.0 Å². The minimum atomic E-state index is -0.0888. The average molecular weight is 382 g/mol. The molecule has 4 rings (SSSR count). The van der Waals surface area contributed by atoms with Crippen LogP contribution in [0.15, 0.2) is 24.3 Å². The number of aromatic nitrogens is 2. The van der Waals surface area contributed by atoms with E-state index in [0.717, 1.165) is 22.8 Å². The first kappa shape index (κ1) is 18.5. The second-order valence-corrected chi connectivity index (χ2v) is 7.72. The number of carbonyl (C=O) groups excluding carboxylic acids is 2. The Labute approximate surface area is 164 Å². The third kappa shape index (κ3) is 3.25. The summed E-state index contributed by atoms with van der Waals surface area (Å²) in [7, 11) is 3.48. The van der Waals surface area contributed by atoms with Crippen molar-refractivity contribution in [1.29, 1.82) is 0 Å². The molecule has 2 aliphatic rings. The fourth-order valence-electron chi connectivity index (χ4n) is 4.09. The van der Waals surface area contributed by atoms with Crippen molar-refractivity contribution in [3.05, 3.63) is 47.0 Å². The van der Waals surface area contributed by atoms with Crippen molar-refractivity contribution in [2.24, 2.45) is 5.92 Å². The minimum Gasteiger partial charge on any atom is -0.493 e. The number of aryl methyl sites for hydroxylation is 1. The summed E-state index contributed by atoms with van der Waals surface area (Å²) < 4.78 is 7.78. The number of amides is 2. The van der Waals surface area contributed by atoms with Gasteiger partial charge in [-0.3, -0.25) is 9.59 Å². The van der Waals surface area contributed by atoms with Gasteiger partial charge < -0.3 is 19.1 Å². The van der Waals surface area contributed by atoms with Crippen molar-refractivity contribution in [3.63, 3.8) is 0 Å². The van der Waals surface area contributed by atoms with Gasteiger partial charge in [-0.05, 0) is 31.4 Å². The summed E-state index contributed by atoms with van der Waals surface area (Å²) in [4.78, 5) is 33.7. The Balaban J connectivity index is 1.53. The van der Waals surface area contributed by atoms with E-state index in [4.69, 9.17) is 4.74 Å². The van der Waals surface area contributed by atoms with Gasteiger partial charge in [0, 0.05) is 33.1 Å². The van der Waals surface area contributed by atoms with Crippen LogP contribution in [-0.4, -0.2) is 58.4 Å². The molecule has 1 atom stereocenters. The molecule has 0 radical (unpaired) electrons. The number of para-hydroxylation sites is 1. The molecular formula is C21H26N4O3. The zero-order valence-electron chi connectivity index (χ0n) is 16.6. The second kappa shape index (κ2) is 7.30. The van der Waals surface area contributed by atoms with E-state index in [1.807, 2.05) is 40.7 Å². The lowest BCUT2D eigenvalue weighted by molar-refractivity contribution is -0.137. The predicted molar refractivity (Wildman–Crippen MR) is 104 cm³/mol. The van der Waals surface area contributed by atoms with Crippen molar-refractivity contribution in [3.8, 4) is 5.75 Å². The van der Waals surface area contributed by atoms with Gasteiger partial charge in [0.2, 0.25) is 5.91 Å². The monoisotopic (exact) mass is 382 g/mol. The molecule has 0 bridgehead atoms. The van der Waals surface area contributed by atoms with Crippen LogP contribution in [-0.2, 0) is 24.3 Å². The van der Waals surface area contributed by atoms with Crippen LogP contribution in [0.25, 0.3) is 0 Å². The highest BCUT2D eigenvalue weighted by Crippen LogP contribution is 2.29. The number of carbonyl (C=O) groups is 2. The number of hydrogen-bond donors (Lipinski definition) is 0. The lowest BCUT2D eigenvalue weighted by Gasteiger charge is -2.31. The van der Waals surface area contributed by atoms with Gasteiger partial charge >= 0.3 is 0 Å². The Morgan fingerprint density at radius 1 is 1.21 bits per heavy atom. The van der Waals surface area contributed by atoms with E-state index < -0.39 is 0 Å². The highest BCUT2D eigenvalue weighted by atomic mass is 16.5. The van der Waals surface area contributed by atoms with Gasteiger partial charge in [-0.1, -0.05) is 18.2 Å². The molecule has 0 unspecified atom stereocenters. The predicted octanol–water partition coefficient (Wildman–Crippen LogP) is 1.88. The number of imidazole rings is 1. The molecule has 28 heavy (non-hydrogen) atoms. The van der Waals surface area contributed by atoms with Crippen molar-refractivity contribution in [1.82, 2.24) is 19.4 Å². The lowest BCUT2D eigenvalue weighted by atomic mass is 9.95. The summed E-state index contributed by atoms with van der Waals surface area (Å²) in [6.07, 6.45) is 1.41. The van der Waals surface area contributed by atoms with Crippen LogP contribution in [0.2, 0.25) is 0 Å². The Bertz CT molecular complexity index is 918. The average Bonchev–Trinajstić information content (AvgIpc) is 2.86. The molecule has 0 spiro atoms. The molecule has 1 aromatic heterocycles. The Hall–Kier alpha value is -2.83. The molecule has 0 fully saturated rings. The Kier molecular flexibility index (Phi) is 4.83. The van der Waals surface area contributed by atoms with E-state index in [9.17, 15) is 9.59 Å². The second-order valence-electron chi connectivity index (χ2n) is 7.72. The number of benzene rings is 1. The maximum Gasteiger partial charge on any atom is 0.271 e. The molecule has 2 amide bonds. The molecule has 0 saturated heterocycles. The molecule has 7 nitrogen and oxygen atoms in total. The fourth-order valence-corrected chi connectivity index (χ4v) is 4.09. The molecule has 1 aromatic carbocycles. The highest BCUT2D eigenvalue weighted by Gasteiger charge is 2.32. The van der Waals surface area contributed by atoms with Gasteiger partial charge in [0.1, 0.15) is 17.3 Å². The van der Waals surface area contributed by atoms with Gasteiger partial charge in [-0.15, -0.1) is 0 Å². The maximum atomic E-state index is 13.2. The molecule has 0 N–H and O–H groups in total. The van der Waals surface area contributed by atoms with Crippen LogP contribution in [0.5, 0.6) is 5.75 Å². The zero-order valence-corrected chi connectivity index (χ0v) is 16.6. The number of nitrogens with zero attached hydrogens (tertiary/aromatic N) is 4. The summed E-state index contributed by atoms with van der Waals surface area (Å²) in [5, 5.41) is 0. The van der Waals surface area contributed by atoms with E-state index >= 15 is 0 Å². The first-order valence-corrected chi connectivity index (χ1v) is 9.73. The molecule has 0 saturated carbocycles. The number of fused-ring (bicyclic) bond motifs is 2. The van der Waals surface area contributed by atoms with Gasteiger partial charge in [0.05, 0.1) is 18.8 Å². The first-order valence-electron chi connectivity index (χ1n) is 9.73. The fraction of sp³-hybridized carbons (Fsp3) is 0.476. The van der Waals surface area contributed by atoms with Crippen molar-refractivity contribution in [2.75, 3.05) is 27.2 Å². The highest BCUT2D eigenvalue weighted by molar-refractivity contribution is 5.93. The zero-order chi connectivity index (χ0) is 19.8. The van der Waals surface area contributed by atoms with Crippen LogP contribution in [0.4, 0.5) is 0 Å². The van der Waals surface area contributed by atoms with Crippen LogP contribution < -0.4 is 4.74 Å². The molecule has 0 aliphatic carbocycles. The SMILES string of the molecule is Cc1nc2n(c1C(=O)N(C)C)CCN(C(=O)[C@H]1CCOc3ccccc3C1)C2. The molecule has 2 aromatic rings. The topological polar surface area (TPSA) is 67.7 Å². The molecule has 2 aliphatic heterocycles. The number of rotatable bonds is 2. The summed E-state index contributed by atoms with van der Waals surface area (Å²) in [5.74, 6) is 1.68. The lowest BCUT2D eigenvalue weighted by Crippen LogP contribution is -2.43. The van der Waals surface area contributed by atoms with Gasteiger partial charge in [-0.25, -0.2) is 4.98 Å². The summed E-state index contributed by atoms with van der Waals surface area (Å²) in [6.45, 7) is 4.04. The Morgan fingerprint density at radius 2 is 2.00 bits per heavy atom. The standard InChI is InChI=1S/C21H26N4O3/c1-14-19(21(27)23(2)3)25-10-9-24(13-18(25)22-14)20(26)16-8-11-28-17-7-5-4-6-15(17)12-16/h4-7,16H,8-13H2,1-3H3/t16-/m0/s1. The largest absolute Gasteiger partial charge is 0.493 e. The summed E-state index contributed by atoms with van der Waals surface area (Å²) in [5.41, 5.74) is 2.44. The Morgan fingerprint density at radius 3 is 2.79 bits per heavy atom.